The Bertz CT molecular complexity index is 648. The molecule has 0 radical (unpaired) electrons. The topological polar surface area (TPSA) is 49.7 Å². The molecule has 0 N–H and O–H groups in total. The molecule has 0 aliphatic heterocycles. The molecule has 112 valence electrons. The molecule has 0 atom stereocenters. The monoisotopic (exact) mass is 289 g/mol. The fourth-order valence-electron chi connectivity index (χ4n) is 2.50. The zero-order chi connectivity index (χ0) is 15.6. The number of carbonyl (C=O) groups excluding carboxylic acids is 1. The highest BCUT2D eigenvalue weighted by Gasteiger charge is 2.17. The van der Waals surface area contributed by atoms with Gasteiger partial charge in [0.15, 0.2) is 17.8 Å². The molecule has 0 saturated heterocycles. The van der Waals surface area contributed by atoms with Gasteiger partial charge in [0.25, 0.3) is 0 Å². The zero-order valence-electron chi connectivity index (χ0n) is 12.9. The van der Waals surface area contributed by atoms with E-state index in [2.05, 4.69) is 0 Å². The molecule has 0 aliphatic rings. The van der Waals surface area contributed by atoms with Crippen LogP contribution in [0, 0.1) is 13.8 Å². The minimum absolute atomic E-state index is 0.543. The van der Waals surface area contributed by atoms with Gasteiger partial charge in [-0.1, -0.05) is 0 Å². The van der Waals surface area contributed by atoms with E-state index in [-0.39, 0.29) is 0 Å². The molecule has 5 heteroatoms. The summed E-state index contributed by atoms with van der Waals surface area (Å²) in [6.07, 6.45) is 0.858. The summed E-state index contributed by atoms with van der Waals surface area (Å²) < 4.78 is 18.0. The van der Waals surface area contributed by atoms with E-state index in [0.29, 0.717) is 22.8 Å². The van der Waals surface area contributed by atoms with Crippen molar-refractivity contribution < 1.29 is 19.0 Å². The van der Waals surface area contributed by atoms with Crippen LogP contribution in [0.5, 0.6) is 17.2 Å². The Morgan fingerprint density at radius 2 is 1.52 bits per heavy atom. The summed E-state index contributed by atoms with van der Waals surface area (Å²) in [7, 11) is 4.72. The molecule has 2 rings (SSSR count). The first kappa shape index (κ1) is 15.0. The molecule has 0 amide bonds. The van der Waals surface area contributed by atoms with Gasteiger partial charge in [-0.2, -0.15) is 0 Å². The number of carbonyl (C=O) groups is 1. The quantitative estimate of drug-likeness (QED) is 0.794. The second kappa shape index (κ2) is 5.91. The molecule has 0 bridgehead atoms. The highest BCUT2D eigenvalue weighted by molar-refractivity contribution is 5.78. The van der Waals surface area contributed by atoms with Crippen molar-refractivity contribution in [2.45, 2.75) is 13.8 Å². The van der Waals surface area contributed by atoms with Crippen LogP contribution in [0.2, 0.25) is 0 Å². The van der Waals surface area contributed by atoms with Gasteiger partial charge >= 0.3 is 0 Å². The molecular formula is C16H19NO4. The van der Waals surface area contributed by atoms with Crippen molar-refractivity contribution in [1.82, 2.24) is 4.57 Å². The van der Waals surface area contributed by atoms with Gasteiger partial charge < -0.3 is 18.8 Å². The Kier molecular flexibility index (Phi) is 4.21. The van der Waals surface area contributed by atoms with Crippen molar-refractivity contribution in [2.24, 2.45) is 0 Å². The van der Waals surface area contributed by atoms with Crippen LogP contribution >= 0.6 is 0 Å². The molecule has 1 aromatic heterocycles. The van der Waals surface area contributed by atoms with Gasteiger partial charge in [-0.3, -0.25) is 4.79 Å². The van der Waals surface area contributed by atoms with E-state index < -0.39 is 0 Å². The lowest BCUT2D eigenvalue weighted by molar-refractivity contribution is 0.112. The summed E-state index contributed by atoms with van der Waals surface area (Å²) in [5.41, 5.74) is 3.36. The van der Waals surface area contributed by atoms with Gasteiger partial charge in [0.05, 0.1) is 27.0 Å². The fourth-order valence-corrected chi connectivity index (χ4v) is 2.50. The molecule has 1 aromatic carbocycles. The summed E-state index contributed by atoms with van der Waals surface area (Å²) in [6.45, 7) is 3.85. The lowest BCUT2D eigenvalue weighted by Gasteiger charge is -2.16. The fraction of sp³-hybridized carbons (Fsp3) is 0.312. The SMILES string of the molecule is COc1cc(-n2c(C)cc(C=O)c2C)cc(OC)c1OC. The predicted molar refractivity (Wildman–Crippen MR) is 80.3 cm³/mol. The van der Waals surface area contributed by atoms with Gasteiger partial charge in [0, 0.05) is 29.1 Å². The van der Waals surface area contributed by atoms with Crippen molar-refractivity contribution in [2.75, 3.05) is 21.3 Å². The lowest BCUT2D eigenvalue weighted by atomic mass is 10.2. The molecule has 2 aromatic rings. The van der Waals surface area contributed by atoms with Crippen LogP contribution in [-0.4, -0.2) is 32.2 Å². The highest BCUT2D eigenvalue weighted by Crippen LogP contribution is 2.40. The van der Waals surface area contributed by atoms with E-state index in [1.54, 1.807) is 21.3 Å². The molecular weight excluding hydrogens is 270 g/mol. The smallest absolute Gasteiger partial charge is 0.203 e. The van der Waals surface area contributed by atoms with E-state index in [1.165, 1.54) is 0 Å². The maximum atomic E-state index is 11.1. The molecule has 0 fully saturated rings. The van der Waals surface area contributed by atoms with Crippen LogP contribution in [0.15, 0.2) is 18.2 Å². The minimum Gasteiger partial charge on any atom is -0.493 e. The average Bonchev–Trinajstić information content (AvgIpc) is 2.79. The van der Waals surface area contributed by atoms with Crippen LogP contribution in [-0.2, 0) is 0 Å². The predicted octanol–water partition coefficient (Wildman–Crippen LogP) is 2.93. The number of hydrogen-bond acceptors (Lipinski definition) is 4. The number of ether oxygens (including phenoxy) is 3. The van der Waals surface area contributed by atoms with E-state index in [9.17, 15) is 4.79 Å². The maximum absolute atomic E-state index is 11.1. The largest absolute Gasteiger partial charge is 0.493 e. The van der Waals surface area contributed by atoms with Gasteiger partial charge in [-0.25, -0.2) is 0 Å². The molecule has 0 saturated carbocycles. The highest BCUT2D eigenvalue weighted by atomic mass is 16.5. The first-order valence-corrected chi connectivity index (χ1v) is 6.51. The zero-order valence-corrected chi connectivity index (χ0v) is 12.9. The molecule has 0 spiro atoms. The van der Waals surface area contributed by atoms with Crippen LogP contribution in [0.1, 0.15) is 21.7 Å². The summed E-state index contributed by atoms with van der Waals surface area (Å²) in [5, 5.41) is 0. The molecule has 0 unspecified atom stereocenters. The third kappa shape index (κ3) is 2.46. The Morgan fingerprint density at radius 3 is 1.90 bits per heavy atom. The second-order valence-electron chi connectivity index (χ2n) is 4.66. The van der Waals surface area contributed by atoms with Gasteiger partial charge in [0.1, 0.15) is 0 Å². The first-order chi connectivity index (χ1) is 10.1. The number of hydrogen-bond donors (Lipinski definition) is 0. The molecule has 5 nitrogen and oxygen atoms in total. The van der Waals surface area contributed by atoms with Crippen LogP contribution in [0.4, 0.5) is 0 Å². The molecule has 21 heavy (non-hydrogen) atoms. The molecule has 1 heterocycles. The lowest BCUT2D eigenvalue weighted by Crippen LogP contribution is -2.02. The third-order valence-corrected chi connectivity index (χ3v) is 3.50. The van der Waals surface area contributed by atoms with Crippen molar-refractivity contribution in [3.8, 4) is 22.9 Å². The van der Waals surface area contributed by atoms with Crippen molar-refractivity contribution in [3.05, 3.63) is 35.2 Å². The average molecular weight is 289 g/mol. The number of rotatable bonds is 5. The van der Waals surface area contributed by atoms with Crippen molar-refractivity contribution >= 4 is 6.29 Å². The summed E-state index contributed by atoms with van der Waals surface area (Å²) in [6, 6.07) is 5.57. The van der Waals surface area contributed by atoms with E-state index in [4.69, 9.17) is 14.2 Å². The summed E-state index contributed by atoms with van der Waals surface area (Å²) in [5.74, 6) is 1.70. The number of benzene rings is 1. The van der Waals surface area contributed by atoms with E-state index in [1.807, 2.05) is 36.6 Å². The Balaban J connectivity index is 2.70. The van der Waals surface area contributed by atoms with Crippen LogP contribution in [0.3, 0.4) is 0 Å². The van der Waals surface area contributed by atoms with Gasteiger partial charge in [-0.15, -0.1) is 0 Å². The number of aromatic nitrogens is 1. The Morgan fingerprint density at radius 1 is 0.952 bits per heavy atom. The summed E-state index contributed by atoms with van der Waals surface area (Å²) in [4.78, 5) is 11.1. The van der Waals surface area contributed by atoms with Crippen LogP contribution < -0.4 is 14.2 Å². The number of nitrogens with zero attached hydrogens (tertiary/aromatic N) is 1. The summed E-state index contributed by atoms with van der Waals surface area (Å²) >= 11 is 0. The Hall–Kier alpha value is -2.43. The number of methoxy groups -OCH3 is 3. The van der Waals surface area contributed by atoms with Crippen molar-refractivity contribution in [3.63, 3.8) is 0 Å². The third-order valence-electron chi connectivity index (χ3n) is 3.50. The first-order valence-electron chi connectivity index (χ1n) is 6.51. The van der Waals surface area contributed by atoms with Crippen LogP contribution in [0.25, 0.3) is 5.69 Å². The standard InChI is InChI=1S/C16H19NO4/c1-10-6-12(9-18)11(2)17(10)13-7-14(19-3)16(21-5)15(8-13)20-4/h6-9H,1-5H3. The maximum Gasteiger partial charge on any atom is 0.203 e. The van der Waals surface area contributed by atoms with E-state index >= 15 is 0 Å². The normalized spacial score (nSPS) is 10.3. The second-order valence-corrected chi connectivity index (χ2v) is 4.66. The van der Waals surface area contributed by atoms with E-state index in [0.717, 1.165) is 23.4 Å². The number of aryl methyl sites for hydroxylation is 1. The minimum atomic E-state index is 0.543. The van der Waals surface area contributed by atoms with Gasteiger partial charge in [0.2, 0.25) is 5.75 Å². The molecule has 0 aliphatic carbocycles. The Labute approximate surface area is 124 Å². The van der Waals surface area contributed by atoms with Gasteiger partial charge in [-0.05, 0) is 19.9 Å². The number of aldehydes is 1. The van der Waals surface area contributed by atoms with Crippen molar-refractivity contribution in [1.29, 1.82) is 0 Å².